The smallest absolute Gasteiger partial charge is 0.185 e. The van der Waals surface area contributed by atoms with Gasteiger partial charge in [-0.15, -0.1) is 0 Å². The van der Waals surface area contributed by atoms with E-state index in [-0.39, 0.29) is 16.6 Å². The van der Waals surface area contributed by atoms with Gasteiger partial charge in [0.05, 0.1) is 11.3 Å². The lowest BCUT2D eigenvalue weighted by molar-refractivity contribution is -0.370. The molecule has 0 aromatic carbocycles. The maximum atomic E-state index is 13.2. The Morgan fingerprint density at radius 3 is 1.65 bits per heavy atom. The van der Waals surface area contributed by atoms with Gasteiger partial charge in [0, 0.05) is 11.1 Å². The maximum Gasteiger partial charge on any atom is 0.185 e. The molecule has 1 rings (SSSR count). The van der Waals surface area contributed by atoms with E-state index in [1.165, 1.54) is 7.11 Å². The fourth-order valence-corrected chi connectivity index (χ4v) is 2.58. The van der Waals surface area contributed by atoms with Crippen LogP contribution in [0.1, 0.15) is 69.2 Å². The van der Waals surface area contributed by atoms with E-state index in [0.29, 0.717) is 16.9 Å². The van der Waals surface area contributed by atoms with Gasteiger partial charge in [0.25, 0.3) is 0 Å². The predicted octanol–water partition coefficient (Wildman–Crippen LogP) is 5.02. The second-order valence-electron chi connectivity index (χ2n) is 9.88. The molecule has 1 aliphatic rings. The molecule has 0 unspecified atom stereocenters. The van der Waals surface area contributed by atoms with Gasteiger partial charge < -0.3 is 4.84 Å². The lowest BCUT2D eigenvalue weighted by Gasteiger charge is -2.38. The third kappa shape index (κ3) is 5.27. The molecule has 0 aliphatic heterocycles. The Morgan fingerprint density at radius 2 is 1.35 bits per heavy atom. The van der Waals surface area contributed by atoms with Gasteiger partial charge in [-0.05, 0) is 50.7 Å². The molecule has 5 nitrogen and oxygen atoms in total. The number of Topliss-reactive ketones (excluding diaryl/α,β-unsaturated/α-hetero) is 1. The average Bonchev–Trinajstić information content (AvgIpc) is 2.43. The Labute approximate surface area is 158 Å². The van der Waals surface area contributed by atoms with Gasteiger partial charge in [0.15, 0.2) is 11.4 Å². The van der Waals surface area contributed by atoms with E-state index in [4.69, 9.17) is 14.6 Å². The van der Waals surface area contributed by atoms with Crippen LogP contribution in [0, 0.1) is 10.8 Å². The summed E-state index contributed by atoms with van der Waals surface area (Å²) in [6.45, 7) is 19.6. The summed E-state index contributed by atoms with van der Waals surface area (Å²) in [5, 5.41) is 4.09. The Bertz CT molecular complexity index is 600. The number of carbonyl (C=O) groups is 1. The number of rotatable bonds is 4. The molecule has 0 atom stereocenters. The highest BCUT2D eigenvalue weighted by Gasteiger charge is 2.45. The van der Waals surface area contributed by atoms with E-state index in [2.05, 4.69) is 5.16 Å². The molecular weight excluding hydrogens is 330 g/mol. The van der Waals surface area contributed by atoms with Gasteiger partial charge in [-0.3, -0.25) is 4.79 Å². The molecule has 0 N–H and O–H groups in total. The highest BCUT2D eigenvalue weighted by molar-refractivity contribution is 6.13. The van der Waals surface area contributed by atoms with Crippen LogP contribution < -0.4 is 0 Å². The van der Waals surface area contributed by atoms with Crippen molar-refractivity contribution in [2.45, 2.75) is 80.4 Å². The summed E-state index contributed by atoms with van der Waals surface area (Å²) in [5.74, 6) is 0.0326. The summed E-state index contributed by atoms with van der Waals surface area (Å²) in [7, 11) is 1.48. The molecule has 0 fully saturated rings. The van der Waals surface area contributed by atoms with Crippen molar-refractivity contribution in [3.8, 4) is 0 Å². The first-order valence-corrected chi connectivity index (χ1v) is 9.00. The van der Waals surface area contributed by atoms with Gasteiger partial charge in [0.2, 0.25) is 0 Å². The molecule has 0 saturated heterocycles. The lowest BCUT2D eigenvalue weighted by atomic mass is 9.69. The number of hydrogen-bond acceptors (Lipinski definition) is 5. The SMILES string of the molecule is CO/N=C(\C)C1(OOC(C)(C)C)C=C(C(C)(C)C)C(=O)C(C(C)(C)C)=C1. The zero-order chi connectivity index (χ0) is 20.6. The zero-order valence-corrected chi connectivity index (χ0v) is 18.2. The molecule has 0 spiro atoms. The quantitative estimate of drug-likeness (QED) is 0.399. The van der Waals surface area contributed by atoms with E-state index >= 15 is 0 Å². The number of ketones is 1. The Kier molecular flexibility index (Phi) is 6.32. The Balaban J connectivity index is 3.70. The first kappa shape index (κ1) is 22.6. The molecule has 1 aliphatic carbocycles. The van der Waals surface area contributed by atoms with Crippen molar-refractivity contribution in [3.63, 3.8) is 0 Å². The number of allylic oxidation sites excluding steroid dienone is 2. The van der Waals surface area contributed by atoms with Crippen LogP contribution in [-0.2, 0) is 19.4 Å². The van der Waals surface area contributed by atoms with Crippen LogP contribution in [0.15, 0.2) is 28.5 Å². The van der Waals surface area contributed by atoms with Crippen LogP contribution in [0.4, 0.5) is 0 Å². The molecule has 5 heteroatoms. The number of carbonyl (C=O) groups excluding carboxylic acids is 1. The van der Waals surface area contributed by atoms with Crippen LogP contribution in [0.25, 0.3) is 0 Å². The molecule has 0 heterocycles. The topological polar surface area (TPSA) is 57.1 Å². The van der Waals surface area contributed by atoms with Gasteiger partial charge in [-0.1, -0.05) is 46.7 Å². The van der Waals surface area contributed by atoms with Crippen molar-refractivity contribution in [2.75, 3.05) is 7.11 Å². The largest absolute Gasteiger partial charge is 0.399 e. The van der Waals surface area contributed by atoms with Crippen molar-refractivity contribution in [3.05, 3.63) is 23.3 Å². The second-order valence-corrected chi connectivity index (χ2v) is 9.88. The standard InChI is InChI=1S/C21H35NO4/c1-14(22-24-11)21(26-25-20(8,9)10)12-15(18(2,3)4)17(23)16(13-21)19(5,6)7/h12-13H,1-11H3/b22-14+. The highest BCUT2D eigenvalue weighted by atomic mass is 17.2. The third-order valence-electron chi connectivity index (χ3n) is 4.05. The maximum absolute atomic E-state index is 13.2. The molecule has 0 saturated carbocycles. The summed E-state index contributed by atoms with van der Waals surface area (Å²) in [6, 6.07) is 0. The van der Waals surface area contributed by atoms with Crippen LogP contribution in [0.3, 0.4) is 0 Å². The first-order valence-electron chi connectivity index (χ1n) is 9.00. The minimum atomic E-state index is -1.11. The van der Waals surface area contributed by atoms with Crippen molar-refractivity contribution in [2.24, 2.45) is 16.0 Å². The normalized spacial score (nSPS) is 19.2. The molecule has 0 bridgehead atoms. The fourth-order valence-electron chi connectivity index (χ4n) is 2.58. The number of nitrogens with zero attached hydrogens (tertiary/aromatic N) is 1. The monoisotopic (exact) mass is 365 g/mol. The van der Waals surface area contributed by atoms with Crippen LogP contribution in [0.5, 0.6) is 0 Å². The molecule has 0 amide bonds. The average molecular weight is 366 g/mol. The molecule has 26 heavy (non-hydrogen) atoms. The van der Waals surface area contributed by atoms with Crippen molar-refractivity contribution in [1.29, 1.82) is 0 Å². The predicted molar refractivity (Wildman–Crippen MR) is 105 cm³/mol. The van der Waals surface area contributed by atoms with Gasteiger partial charge >= 0.3 is 0 Å². The van der Waals surface area contributed by atoms with Gasteiger partial charge in [-0.25, -0.2) is 9.78 Å². The van der Waals surface area contributed by atoms with E-state index < -0.39 is 11.2 Å². The lowest BCUT2D eigenvalue weighted by Crippen LogP contribution is -2.45. The van der Waals surface area contributed by atoms with E-state index in [9.17, 15) is 4.79 Å². The van der Waals surface area contributed by atoms with E-state index in [1.807, 2.05) is 74.5 Å². The van der Waals surface area contributed by atoms with Crippen molar-refractivity contribution < 1.29 is 19.4 Å². The molecule has 148 valence electrons. The summed E-state index contributed by atoms with van der Waals surface area (Å²) < 4.78 is 0. The molecule has 0 aromatic heterocycles. The van der Waals surface area contributed by atoms with Crippen LogP contribution in [0.2, 0.25) is 0 Å². The summed E-state index contributed by atoms with van der Waals surface area (Å²) in [6.07, 6.45) is 3.63. The molecule has 0 radical (unpaired) electrons. The zero-order valence-electron chi connectivity index (χ0n) is 18.2. The summed E-state index contributed by atoms with van der Waals surface area (Å²) in [5.41, 5.74) is -0.436. The second kappa shape index (κ2) is 7.28. The third-order valence-corrected chi connectivity index (χ3v) is 4.05. The van der Waals surface area contributed by atoms with Crippen molar-refractivity contribution in [1.82, 2.24) is 0 Å². The van der Waals surface area contributed by atoms with Crippen LogP contribution in [-0.4, -0.2) is 29.8 Å². The Hall–Kier alpha value is -1.46. The summed E-state index contributed by atoms with van der Waals surface area (Å²) in [4.78, 5) is 29.8. The fraction of sp³-hybridized carbons (Fsp3) is 0.714. The first-order chi connectivity index (χ1) is 11.5. The minimum Gasteiger partial charge on any atom is -0.399 e. The Morgan fingerprint density at radius 1 is 0.923 bits per heavy atom. The van der Waals surface area contributed by atoms with Crippen molar-refractivity contribution >= 4 is 11.5 Å². The molecule has 0 aromatic rings. The van der Waals surface area contributed by atoms with Crippen LogP contribution >= 0.6 is 0 Å². The van der Waals surface area contributed by atoms with Gasteiger partial charge in [0.1, 0.15) is 7.11 Å². The number of hydrogen-bond donors (Lipinski definition) is 0. The van der Waals surface area contributed by atoms with E-state index in [1.54, 1.807) is 6.92 Å². The highest BCUT2D eigenvalue weighted by Crippen LogP contribution is 2.42. The number of oxime groups is 1. The molecular formula is C21H35NO4. The van der Waals surface area contributed by atoms with E-state index in [0.717, 1.165) is 0 Å². The summed E-state index contributed by atoms with van der Waals surface area (Å²) >= 11 is 0. The minimum absolute atomic E-state index is 0.0326. The van der Waals surface area contributed by atoms with Gasteiger partial charge in [-0.2, -0.15) is 0 Å².